The maximum absolute atomic E-state index is 12.8. The number of nitrogens with one attached hydrogen (secondary N) is 3. The number of rotatable bonds is 7. The number of amides is 1. The average molecular weight is 539 g/mol. The van der Waals surface area contributed by atoms with E-state index in [1.54, 1.807) is 18.5 Å². The van der Waals surface area contributed by atoms with Crippen molar-refractivity contribution in [3.8, 4) is 0 Å². The molecule has 10 nitrogen and oxygen atoms in total. The van der Waals surface area contributed by atoms with Crippen LogP contribution in [0.25, 0.3) is 16.6 Å². The summed E-state index contributed by atoms with van der Waals surface area (Å²) in [6.07, 6.45) is 13.1. The smallest absolute Gasteiger partial charge is 0.274 e. The topological polar surface area (TPSA) is 121 Å². The molecule has 1 amide bonds. The maximum Gasteiger partial charge on any atom is 0.274 e. The second-order valence-corrected chi connectivity index (χ2v) is 10.5. The Labute approximate surface area is 232 Å². The van der Waals surface area contributed by atoms with Crippen LogP contribution in [0, 0.1) is 0 Å². The van der Waals surface area contributed by atoms with E-state index in [1.807, 2.05) is 42.2 Å². The van der Waals surface area contributed by atoms with Gasteiger partial charge in [-0.05, 0) is 73.7 Å². The zero-order valence-corrected chi connectivity index (χ0v) is 22.7. The highest BCUT2D eigenvalue weighted by molar-refractivity contribution is 6.02. The third kappa shape index (κ3) is 5.73. The lowest BCUT2D eigenvalue weighted by atomic mass is 10.0. The molecule has 6 rings (SSSR count). The van der Waals surface area contributed by atoms with Gasteiger partial charge < -0.3 is 15.6 Å². The Morgan fingerprint density at radius 3 is 2.75 bits per heavy atom. The van der Waals surface area contributed by atoms with Crippen LogP contribution in [0.3, 0.4) is 0 Å². The highest BCUT2D eigenvalue weighted by atomic mass is 16.2. The molecule has 4 aromatic rings. The van der Waals surface area contributed by atoms with Crippen LogP contribution >= 0.6 is 0 Å². The first-order chi connectivity index (χ1) is 19.6. The van der Waals surface area contributed by atoms with Crippen molar-refractivity contribution >= 4 is 28.2 Å². The number of fused-ring (bicyclic) bond motifs is 1. The third-order valence-electron chi connectivity index (χ3n) is 7.82. The largest absolute Gasteiger partial charge is 0.320 e. The summed E-state index contributed by atoms with van der Waals surface area (Å²) >= 11 is 0. The van der Waals surface area contributed by atoms with Gasteiger partial charge in [0.05, 0.1) is 29.0 Å². The van der Waals surface area contributed by atoms with Crippen molar-refractivity contribution < 1.29 is 4.79 Å². The number of pyridine rings is 3. The minimum Gasteiger partial charge on any atom is -0.320 e. The number of aromatic nitrogens is 5. The monoisotopic (exact) mass is 538 g/mol. The molecule has 0 unspecified atom stereocenters. The molecule has 0 radical (unpaired) electrons. The van der Waals surface area contributed by atoms with Crippen LogP contribution in [0.2, 0.25) is 0 Å². The molecule has 3 N–H and O–H groups in total. The van der Waals surface area contributed by atoms with Gasteiger partial charge in [-0.3, -0.25) is 29.1 Å². The predicted octanol–water partition coefficient (Wildman–Crippen LogP) is 3.54. The van der Waals surface area contributed by atoms with Crippen LogP contribution in [-0.4, -0.2) is 61.7 Å². The summed E-state index contributed by atoms with van der Waals surface area (Å²) in [5.74, 6) is -0.239. The summed E-state index contributed by atoms with van der Waals surface area (Å²) in [4.78, 5) is 39.3. The Morgan fingerprint density at radius 2 is 2.00 bits per heavy atom. The van der Waals surface area contributed by atoms with E-state index in [2.05, 4.69) is 41.7 Å². The predicted molar refractivity (Wildman–Crippen MR) is 155 cm³/mol. The van der Waals surface area contributed by atoms with Gasteiger partial charge in [0.2, 0.25) is 0 Å². The van der Waals surface area contributed by atoms with Crippen LogP contribution in [0.1, 0.15) is 59.4 Å². The molecule has 40 heavy (non-hydrogen) atoms. The number of hydrogen-bond acceptors (Lipinski definition) is 7. The Morgan fingerprint density at radius 1 is 1.12 bits per heavy atom. The SMILES string of the molecule is CCc1cc2ncc(CN3CC=C(c4ccc(C(=O)Nc5cnn(C6CCNCC6)c5)nc4)CC3)cc2[nH]c1=O. The van der Waals surface area contributed by atoms with Crippen LogP contribution in [0.5, 0.6) is 0 Å². The molecule has 6 heterocycles. The van der Waals surface area contributed by atoms with Crippen LogP contribution in [0.4, 0.5) is 5.69 Å². The molecular formula is C30H34N8O2. The van der Waals surface area contributed by atoms with E-state index in [9.17, 15) is 9.59 Å². The van der Waals surface area contributed by atoms with Gasteiger partial charge in [-0.25, -0.2) is 0 Å². The van der Waals surface area contributed by atoms with E-state index in [1.165, 1.54) is 5.57 Å². The minimum absolute atomic E-state index is 0.0414. The van der Waals surface area contributed by atoms with Crippen molar-refractivity contribution in [3.05, 3.63) is 87.9 Å². The average Bonchev–Trinajstić information content (AvgIpc) is 3.46. The van der Waals surface area contributed by atoms with Gasteiger partial charge in [0.15, 0.2) is 0 Å². The summed E-state index contributed by atoms with van der Waals surface area (Å²) in [5, 5.41) is 10.7. The molecule has 0 aliphatic carbocycles. The van der Waals surface area contributed by atoms with E-state index >= 15 is 0 Å². The van der Waals surface area contributed by atoms with Gasteiger partial charge in [0, 0.05) is 43.8 Å². The van der Waals surface area contributed by atoms with Gasteiger partial charge in [-0.15, -0.1) is 0 Å². The molecule has 2 aliphatic rings. The summed E-state index contributed by atoms with van der Waals surface area (Å²) in [6.45, 7) is 6.41. The lowest BCUT2D eigenvalue weighted by Gasteiger charge is -2.26. The van der Waals surface area contributed by atoms with Crippen molar-refractivity contribution in [3.63, 3.8) is 0 Å². The van der Waals surface area contributed by atoms with Gasteiger partial charge in [0.1, 0.15) is 5.69 Å². The Kier molecular flexibility index (Phi) is 7.52. The molecule has 4 aromatic heterocycles. The van der Waals surface area contributed by atoms with E-state index in [0.717, 1.165) is 79.7 Å². The van der Waals surface area contributed by atoms with Gasteiger partial charge in [0.25, 0.3) is 11.5 Å². The summed E-state index contributed by atoms with van der Waals surface area (Å²) in [6, 6.07) is 8.01. The van der Waals surface area contributed by atoms with Crippen molar-refractivity contribution in [2.45, 2.75) is 45.2 Å². The second-order valence-electron chi connectivity index (χ2n) is 10.5. The van der Waals surface area contributed by atoms with E-state index in [-0.39, 0.29) is 11.5 Å². The Balaban J connectivity index is 1.05. The third-order valence-corrected chi connectivity index (χ3v) is 7.82. The van der Waals surface area contributed by atoms with Crippen molar-refractivity contribution in [1.29, 1.82) is 0 Å². The normalized spacial score (nSPS) is 16.7. The number of piperidine rings is 1. The molecule has 0 aromatic carbocycles. The summed E-state index contributed by atoms with van der Waals surface area (Å²) in [7, 11) is 0. The van der Waals surface area contributed by atoms with Gasteiger partial charge in [-0.2, -0.15) is 5.10 Å². The zero-order chi connectivity index (χ0) is 27.5. The molecular weight excluding hydrogens is 504 g/mol. The lowest BCUT2D eigenvalue weighted by molar-refractivity contribution is 0.102. The first-order valence-electron chi connectivity index (χ1n) is 14.0. The van der Waals surface area contributed by atoms with Crippen molar-refractivity contribution in [2.24, 2.45) is 0 Å². The second kappa shape index (κ2) is 11.5. The number of carbonyl (C=O) groups excluding carboxylic acids is 1. The summed E-state index contributed by atoms with van der Waals surface area (Å²) < 4.78 is 1.95. The first-order valence-corrected chi connectivity index (χ1v) is 14.0. The van der Waals surface area contributed by atoms with Crippen molar-refractivity contribution in [2.75, 3.05) is 31.5 Å². The molecule has 0 bridgehead atoms. The molecule has 1 fully saturated rings. The highest BCUT2D eigenvalue weighted by Crippen LogP contribution is 2.24. The maximum atomic E-state index is 12.8. The van der Waals surface area contributed by atoms with E-state index < -0.39 is 0 Å². The fourth-order valence-electron chi connectivity index (χ4n) is 5.48. The fourth-order valence-corrected chi connectivity index (χ4v) is 5.48. The molecule has 206 valence electrons. The number of hydrogen-bond donors (Lipinski definition) is 3. The number of aromatic amines is 1. The quantitative estimate of drug-likeness (QED) is 0.329. The van der Waals surface area contributed by atoms with Crippen LogP contribution in [-0.2, 0) is 13.0 Å². The molecule has 0 saturated carbocycles. The number of carbonyl (C=O) groups is 1. The molecule has 2 aliphatic heterocycles. The molecule has 1 saturated heterocycles. The Hall–Kier alpha value is -4.15. The molecule has 0 atom stereocenters. The number of H-pyrrole nitrogens is 1. The van der Waals surface area contributed by atoms with Crippen LogP contribution in [0.15, 0.2) is 59.9 Å². The van der Waals surface area contributed by atoms with Gasteiger partial charge in [-0.1, -0.05) is 19.1 Å². The zero-order valence-electron chi connectivity index (χ0n) is 22.7. The lowest BCUT2D eigenvalue weighted by Crippen LogP contribution is -2.29. The number of anilines is 1. The number of aryl methyl sites for hydroxylation is 1. The summed E-state index contributed by atoms with van der Waals surface area (Å²) in [5.41, 5.74) is 6.70. The Bertz CT molecular complexity index is 1600. The van der Waals surface area contributed by atoms with E-state index in [0.29, 0.717) is 23.8 Å². The van der Waals surface area contributed by atoms with Crippen LogP contribution < -0.4 is 16.2 Å². The number of nitrogens with zero attached hydrogens (tertiary/aromatic N) is 5. The first kappa shape index (κ1) is 26.1. The molecule has 10 heteroatoms. The standard InChI is InChI=1S/C30H34N8O2/c1-2-21-14-27-28(36-29(21)39)13-20(15-32-27)18-37-11-7-22(8-12-37)23-3-4-26(33-16-23)30(40)35-24-17-34-38(19-24)25-5-9-31-10-6-25/h3-4,7,13-17,19,25,31H,2,5-6,8-12,18H2,1H3,(H,35,40)(H,36,39). The fraction of sp³-hybridized carbons (Fsp3) is 0.367. The van der Waals surface area contributed by atoms with Crippen molar-refractivity contribution in [1.82, 2.24) is 34.9 Å². The van der Waals surface area contributed by atoms with E-state index in [4.69, 9.17) is 0 Å². The highest BCUT2D eigenvalue weighted by Gasteiger charge is 2.18. The molecule has 0 spiro atoms. The van der Waals surface area contributed by atoms with Gasteiger partial charge >= 0.3 is 0 Å². The minimum atomic E-state index is -0.239.